The zero-order valence-electron chi connectivity index (χ0n) is 14.8. The van der Waals surface area contributed by atoms with Gasteiger partial charge in [0, 0.05) is 16.5 Å². The standard InChI is InChI=1S/C20H14BrN3O3S/c1-27-16-8-7-14(21)10-13(16)11-17-19(26)24-20(28-17)22-18(25)15(23-24)9-12-5-3-2-4-6-12/h2-8,10-11H,9H2,1H3/b17-11-. The third kappa shape index (κ3) is 3.61. The van der Waals surface area contributed by atoms with Gasteiger partial charge in [0.2, 0.25) is 4.96 Å². The van der Waals surface area contributed by atoms with Crippen molar-refractivity contribution in [3.8, 4) is 5.75 Å². The second-order valence-corrected chi connectivity index (χ2v) is 7.95. The molecule has 6 nitrogen and oxygen atoms in total. The normalized spacial score (nSPS) is 11.9. The molecule has 0 atom stereocenters. The summed E-state index contributed by atoms with van der Waals surface area (Å²) in [5, 5.41) is 4.27. The molecule has 0 aliphatic heterocycles. The molecule has 4 rings (SSSR count). The van der Waals surface area contributed by atoms with Crippen LogP contribution in [0.2, 0.25) is 0 Å². The minimum absolute atomic E-state index is 0.241. The lowest BCUT2D eigenvalue weighted by Gasteiger charge is -2.04. The van der Waals surface area contributed by atoms with Gasteiger partial charge in [-0.25, -0.2) is 0 Å². The summed E-state index contributed by atoms with van der Waals surface area (Å²) in [6.45, 7) is 0. The lowest BCUT2D eigenvalue weighted by Crippen LogP contribution is -2.28. The predicted octanol–water partition coefficient (Wildman–Crippen LogP) is 2.42. The summed E-state index contributed by atoms with van der Waals surface area (Å²) in [6.07, 6.45) is 2.04. The van der Waals surface area contributed by atoms with Crippen molar-refractivity contribution in [1.82, 2.24) is 14.6 Å². The highest BCUT2D eigenvalue weighted by molar-refractivity contribution is 9.10. The Hall–Kier alpha value is -2.84. The van der Waals surface area contributed by atoms with Crippen molar-refractivity contribution in [1.29, 1.82) is 0 Å². The van der Waals surface area contributed by atoms with Crippen molar-refractivity contribution in [2.75, 3.05) is 7.11 Å². The van der Waals surface area contributed by atoms with E-state index in [-0.39, 0.29) is 16.2 Å². The first kappa shape index (κ1) is 18.5. The van der Waals surface area contributed by atoms with E-state index in [1.165, 1.54) is 4.52 Å². The van der Waals surface area contributed by atoms with Crippen LogP contribution < -0.4 is 20.4 Å². The molecule has 0 fully saturated rings. The van der Waals surface area contributed by atoms with E-state index in [0.29, 0.717) is 16.7 Å². The Morgan fingerprint density at radius 1 is 1.18 bits per heavy atom. The summed E-state index contributed by atoms with van der Waals surface area (Å²) in [6, 6.07) is 15.0. The van der Waals surface area contributed by atoms with E-state index >= 15 is 0 Å². The van der Waals surface area contributed by atoms with Crippen LogP contribution in [-0.2, 0) is 6.42 Å². The third-order valence-electron chi connectivity index (χ3n) is 4.14. The van der Waals surface area contributed by atoms with Gasteiger partial charge >= 0.3 is 0 Å². The maximum atomic E-state index is 12.8. The zero-order valence-corrected chi connectivity index (χ0v) is 17.2. The van der Waals surface area contributed by atoms with Gasteiger partial charge in [0.05, 0.1) is 11.6 Å². The monoisotopic (exact) mass is 455 g/mol. The summed E-state index contributed by atoms with van der Waals surface area (Å²) in [5.41, 5.74) is 1.18. The highest BCUT2D eigenvalue weighted by atomic mass is 79.9. The average molecular weight is 456 g/mol. The molecule has 4 aromatic rings. The summed E-state index contributed by atoms with van der Waals surface area (Å²) >= 11 is 4.54. The van der Waals surface area contributed by atoms with Gasteiger partial charge in [-0.05, 0) is 29.8 Å². The van der Waals surface area contributed by atoms with Gasteiger partial charge < -0.3 is 4.74 Å². The smallest absolute Gasteiger partial charge is 0.296 e. The number of hydrogen-bond donors (Lipinski definition) is 0. The Balaban J connectivity index is 1.85. The summed E-state index contributed by atoms with van der Waals surface area (Å²) in [5.74, 6) is 0.639. The molecule has 0 saturated carbocycles. The first-order chi connectivity index (χ1) is 13.5. The van der Waals surface area contributed by atoms with Gasteiger partial charge in [0.25, 0.3) is 11.1 Å². The number of methoxy groups -OCH3 is 1. The topological polar surface area (TPSA) is 73.6 Å². The van der Waals surface area contributed by atoms with Crippen molar-refractivity contribution < 1.29 is 4.74 Å². The molecule has 0 radical (unpaired) electrons. The number of aromatic nitrogens is 3. The molecule has 0 aliphatic rings. The largest absolute Gasteiger partial charge is 0.496 e. The van der Waals surface area contributed by atoms with Crippen LogP contribution in [0.3, 0.4) is 0 Å². The fourth-order valence-corrected chi connectivity index (χ4v) is 4.07. The molecular weight excluding hydrogens is 442 g/mol. The summed E-state index contributed by atoms with van der Waals surface area (Å²) < 4.78 is 7.84. The van der Waals surface area contributed by atoms with E-state index in [1.807, 2.05) is 48.5 Å². The molecule has 0 unspecified atom stereocenters. The van der Waals surface area contributed by atoms with Crippen molar-refractivity contribution in [2.45, 2.75) is 6.42 Å². The van der Waals surface area contributed by atoms with Crippen LogP contribution >= 0.6 is 27.3 Å². The Kier molecular flexibility index (Phi) is 5.06. The molecule has 2 aromatic heterocycles. The van der Waals surface area contributed by atoms with Crippen molar-refractivity contribution in [3.05, 3.63) is 95.1 Å². The first-order valence-corrected chi connectivity index (χ1v) is 9.98. The highest BCUT2D eigenvalue weighted by Crippen LogP contribution is 2.23. The van der Waals surface area contributed by atoms with E-state index in [2.05, 4.69) is 26.0 Å². The minimum atomic E-state index is -0.420. The Morgan fingerprint density at radius 3 is 2.71 bits per heavy atom. The van der Waals surface area contributed by atoms with Crippen molar-refractivity contribution >= 4 is 38.3 Å². The van der Waals surface area contributed by atoms with Crippen LogP contribution in [0, 0.1) is 0 Å². The van der Waals surface area contributed by atoms with Gasteiger partial charge in [-0.3, -0.25) is 9.59 Å². The number of rotatable bonds is 4. The van der Waals surface area contributed by atoms with Crippen molar-refractivity contribution in [2.24, 2.45) is 0 Å². The quantitative estimate of drug-likeness (QED) is 0.472. The SMILES string of the molecule is COc1ccc(Br)cc1/C=c1\sc2nc(=O)c(Cc3ccccc3)nn2c1=O. The Labute approximate surface area is 171 Å². The maximum absolute atomic E-state index is 12.8. The van der Waals surface area contributed by atoms with Gasteiger partial charge in [-0.15, -0.1) is 0 Å². The van der Waals surface area contributed by atoms with Crippen LogP contribution in [0.15, 0.2) is 62.6 Å². The van der Waals surface area contributed by atoms with E-state index < -0.39 is 5.56 Å². The molecule has 2 heterocycles. The second-order valence-electron chi connectivity index (χ2n) is 6.02. The molecule has 0 spiro atoms. The lowest BCUT2D eigenvalue weighted by atomic mass is 10.1. The summed E-state index contributed by atoms with van der Waals surface area (Å²) in [4.78, 5) is 29.5. The number of benzene rings is 2. The van der Waals surface area contributed by atoms with Gasteiger partial charge in [-0.1, -0.05) is 57.6 Å². The number of hydrogen-bond acceptors (Lipinski definition) is 6. The van der Waals surface area contributed by atoms with Crippen LogP contribution in [0.25, 0.3) is 11.0 Å². The molecule has 2 aromatic carbocycles. The minimum Gasteiger partial charge on any atom is -0.496 e. The van der Waals surface area contributed by atoms with E-state index in [1.54, 1.807) is 13.2 Å². The Morgan fingerprint density at radius 2 is 1.96 bits per heavy atom. The second kappa shape index (κ2) is 7.65. The van der Waals surface area contributed by atoms with Crippen LogP contribution in [0.5, 0.6) is 5.75 Å². The van der Waals surface area contributed by atoms with Crippen LogP contribution in [0.1, 0.15) is 16.8 Å². The number of fused-ring (bicyclic) bond motifs is 1. The number of halogens is 1. The fraction of sp³-hybridized carbons (Fsp3) is 0.100. The molecule has 0 N–H and O–H groups in total. The van der Waals surface area contributed by atoms with Crippen molar-refractivity contribution in [3.63, 3.8) is 0 Å². The number of nitrogens with zero attached hydrogens (tertiary/aromatic N) is 3. The van der Waals surface area contributed by atoms with Crippen LogP contribution in [0.4, 0.5) is 0 Å². The molecular formula is C20H14BrN3O3S. The predicted molar refractivity (Wildman–Crippen MR) is 112 cm³/mol. The Bertz CT molecular complexity index is 1330. The molecule has 0 aliphatic carbocycles. The fourth-order valence-electron chi connectivity index (χ4n) is 2.80. The first-order valence-electron chi connectivity index (χ1n) is 8.37. The average Bonchev–Trinajstić information content (AvgIpc) is 2.98. The van der Waals surface area contributed by atoms with E-state index in [4.69, 9.17) is 4.74 Å². The molecule has 0 amide bonds. The van der Waals surface area contributed by atoms with Crippen LogP contribution in [-0.4, -0.2) is 21.7 Å². The highest BCUT2D eigenvalue weighted by Gasteiger charge is 2.12. The zero-order chi connectivity index (χ0) is 19.7. The lowest BCUT2D eigenvalue weighted by molar-refractivity contribution is 0.414. The number of thiazole rings is 1. The molecule has 28 heavy (non-hydrogen) atoms. The third-order valence-corrected chi connectivity index (χ3v) is 5.60. The molecule has 0 bridgehead atoms. The molecule has 0 saturated heterocycles. The molecule has 140 valence electrons. The van der Waals surface area contributed by atoms with Gasteiger partial charge in [0.15, 0.2) is 0 Å². The van der Waals surface area contributed by atoms with Gasteiger partial charge in [0.1, 0.15) is 11.4 Å². The van der Waals surface area contributed by atoms with Gasteiger partial charge in [-0.2, -0.15) is 14.6 Å². The molecule has 8 heteroatoms. The van der Waals surface area contributed by atoms with E-state index in [9.17, 15) is 9.59 Å². The maximum Gasteiger partial charge on any atom is 0.296 e. The number of ether oxygens (including phenoxy) is 1. The van der Waals surface area contributed by atoms with E-state index in [0.717, 1.165) is 26.9 Å². The summed E-state index contributed by atoms with van der Waals surface area (Å²) in [7, 11) is 1.57.